The van der Waals surface area contributed by atoms with Gasteiger partial charge in [0.15, 0.2) is 0 Å². The third-order valence-corrected chi connectivity index (χ3v) is 4.03. The third-order valence-electron chi connectivity index (χ3n) is 4.03. The van der Waals surface area contributed by atoms with Crippen LogP contribution in [0.5, 0.6) is 0 Å². The molecule has 3 heterocycles. The maximum Gasteiger partial charge on any atom is 0.0422 e. The average Bonchev–Trinajstić information content (AvgIpc) is 2.84. The maximum atomic E-state index is 4.50. The van der Waals surface area contributed by atoms with Crippen molar-refractivity contribution in [3.63, 3.8) is 0 Å². The predicted molar refractivity (Wildman–Crippen MR) is 84.0 cm³/mol. The Hall–Kier alpha value is -1.78. The van der Waals surface area contributed by atoms with E-state index in [1.165, 1.54) is 12.0 Å². The fraction of sp³-hybridized carbons (Fsp3) is 0.412. The molecule has 2 aromatic heterocycles. The van der Waals surface area contributed by atoms with Crippen LogP contribution in [0.25, 0.3) is 0 Å². The van der Waals surface area contributed by atoms with Gasteiger partial charge in [0.1, 0.15) is 0 Å². The van der Waals surface area contributed by atoms with Crippen LogP contribution in [0.3, 0.4) is 0 Å². The summed E-state index contributed by atoms with van der Waals surface area (Å²) < 4.78 is 0. The van der Waals surface area contributed by atoms with Gasteiger partial charge in [0.2, 0.25) is 0 Å². The van der Waals surface area contributed by atoms with Gasteiger partial charge < -0.3 is 5.32 Å². The first-order chi connectivity index (χ1) is 10.4. The zero-order valence-corrected chi connectivity index (χ0v) is 12.3. The minimum absolute atomic E-state index is 0.378. The van der Waals surface area contributed by atoms with Crippen LogP contribution < -0.4 is 5.32 Å². The Balaban J connectivity index is 1.83. The number of hydrogen-bond donors (Lipinski definition) is 1. The van der Waals surface area contributed by atoms with Crippen molar-refractivity contribution in [2.24, 2.45) is 0 Å². The average molecular weight is 282 g/mol. The summed E-state index contributed by atoms with van der Waals surface area (Å²) in [5.74, 6) is 0. The molecule has 0 spiro atoms. The van der Waals surface area contributed by atoms with E-state index in [1.807, 2.05) is 24.7 Å². The Kier molecular flexibility index (Phi) is 4.92. The highest BCUT2D eigenvalue weighted by molar-refractivity contribution is 5.18. The van der Waals surface area contributed by atoms with Crippen LogP contribution in [-0.4, -0.2) is 41.0 Å². The van der Waals surface area contributed by atoms with E-state index in [9.17, 15) is 0 Å². The second-order valence-electron chi connectivity index (χ2n) is 5.46. The van der Waals surface area contributed by atoms with Gasteiger partial charge in [0, 0.05) is 56.4 Å². The fourth-order valence-electron chi connectivity index (χ4n) is 2.94. The molecule has 1 unspecified atom stereocenters. The molecule has 0 aliphatic carbocycles. The van der Waals surface area contributed by atoms with Gasteiger partial charge in [0.05, 0.1) is 0 Å². The monoisotopic (exact) mass is 282 g/mol. The van der Waals surface area contributed by atoms with Crippen molar-refractivity contribution in [1.29, 1.82) is 0 Å². The molecule has 4 nitrogen and oxygen atoms in total. The number of nitrogens with one attached hydrogen (secondary N) is 1. The van der Waals surface area contributed by atoms with Gasteiger partial charge in [-0.25, -0.2) is 0 Å². The standard InChI is InChI=1S/C17H22N4/c1-2-8-20-16(4-1)14-17(15-5-9-19-10-6-15)21-12-3-7-18-11-13-21/h1-2,4-6,8-10,17-18H,3,7,11-14H2. The molecule has 1 N–H and O–H groups in total. The van der Waals surface area contributed by atoms with Gasteiger partial charge in [-0.2, -0.15) is 0 Å². The number of hydrogen-bond acceptors (Lipinski definition) is 4. The highest BCUT2D eigenvalue weighted by Gasteiger charge is 2.22. The molecule has 1 fully saturated rings. The van der Waals surface area contributed by atoms with E-state index in [2.05, 4.69) is 44.5 Å². The normalized spacial score (nSPS) is 18.1. The van der Waals surface area contributed by atoms with Crippen molar-refractivity contribution in [2.45, 2.75) is 18.9 Å². The van der Waals surface area contributed by atoms with Gasteiger partial charge in [-0.15, -0.1) is 0 Å². The molecule has 0 bridgehead atoms. The highest BCUT2D eigenvalue weighted by Crippen LogP contribution is 2.24. The number of pyridine rings is 2. The van der Waals surface area contributed by atoms with Crippen LogP contribution in [0.4, 0.5) is 0 Å². The van der Waals surface area contributed by atoms with Crippen LogP contribution in [0.1, 0.15) is 23.7 Å². The summed E-state index contributed by atoms with van der Waals surface area (Å²) in [5.41, 5.74) is 2.48. The largest absolute Gasteiger partial charge is 0.315 e. The lowest BCUT2D eigenvalue weighted by Crippen LogP contribution is -2.33. The molecule has 1 saturated heterocycles. The van der Waals surface area contributed by atoms with Gasteiger partial charge >= 0.3 is 0 Å². The Bertz CT molecular complexity index is 521. The summed E-state index contributed by atoms with van der Waals surface area (Å²) in [7, 11) is 0. The summed E-state index contributed by atoms with van der Waals surface area (Å²) in [5, 5.41) is 3.48. The van der Waals surface area contributed by atoms with Crippen molar-refractivity contribution >= 4 is 0 Å². The van der Waals surface area contributed by atoms with Crippen LogP contribution in [0, 0.1) is 0 Å². The first-order valence-electron chi connectivity index (χ1n) is 7.68. The molecule has 1 atom stereocenters. The van der Waals surface area contributed by atoms with E-state index < -0.39 is 0 Å². The number of nitrogens with zero attached hydrogens (tertiary/aromatic N) is 3. The Morgan fingerprint density at radius 3 is 2.76 bits per heavy atom. The summed E-state index contributed by atoms with van der Waals surface area (Å²) in [6.45, 7) is 4.39. The summed E-state index contributed by atoms with van der Waals surface area (Å²) in [6, 6.07) is 10.8. The van der Waals surface area contributed by atoms with Crippen LogP contribution in [-0.2, 0) is 6.42 Å². The molecule has 3 rings (SSSR count). The SMILES string of the molecule is c1ccc(CC(c2ccncc2)N2CCCNCC2)nc1. The lowest BCUT2D eigenvalue weighted by Gasteiger charge is -2.30. The van der Waals surface area contributed by atoms with Crippen molar-refractivity contribution in [3.05, 3.63) is 60.2 Å². The quantitative estimate of drug-likeness (QED) is 0.932. The smallest absolute Gasteiger partial charge is 0.0422 e. The predicted octanol–water partition coefficient (Wildman–Crippen LogP) is 2.06. The number of rotatable bonds is 4. The van der Waals surface area contributed by atoms with E-state index in [1.54, 1.807) is 0 Å². The molecule has 0 saturated carbocycles. The molecule has 110 valence electrons. The lowest BCUT2D eigenvalue weighted by molar-refractivity contribution is 0.208. The van der Waals surface area contributed by atoms with Gasteiger partial charge in [-0.05, 0) is 42.8 Å². The van der Waals surface area contributed by atoms with Crippen molar-refractivity contribution in [1.82, 2.24) is 20.2 Å². The molecule has 0 radical (unpaired) electrons. The second kappa shape index (κ2) is 7.29. The van der Waals surface area contributed by atoms with E-state index >= 15 is 0 Å². The van der Waals surface area contributed by atoms with Crippen molar-refractivity contribution < 1.29 is 0 Å². The third kappa shape index (κ3) is 3.86. The van der Waals surface area contributed by atoms with Crippen molar-refractivity contribution in [3.8, 4) is 0 Å². The highest BCUT2D eigenvalue weighted by atomic mass is 15.2. The summed E-state index contributed by atoms with van der Waals surface area (Å²) >= 11 is 0. The van der Waals surface area contributed by atoms with E-state index in [-0.39, 0.29) is 0 Å². The van der Waals surface area contributed by atoms with Gasteiger partial charge in [-0.1, -0.05) is 6.07 Å². The minimum Gasteiger partial charge on any atom is -0.315 e. The molecule has 1 aliphatic heterocycles. The second-order valence-corrected chi connectivity index (χ2v) is 5.46. The molecular formula is C17H22N4. The van der Waals surface area contributed by atoms with E-state index in [0.29, 0.717) is 6.04 Å². The Morgan fingerprint density at radius 1 is 1.05 bits per heavy atom. The topological polar surface area (TPSA) is 41.1 Å². The van der Waals surface area contributed by atoms with Crippen molar-refractivity contribution in [2.75, 3.05) is 26.2 Å². The minimum atomic E-state index is 0.378. The van der Waals surface area contributed by atoms with Gasteiger partial charge in [0.25, 0.3) is 0 Å². The Labute approximate surface area is 126 Å². The zero-order valence-electron chi connectivity index (χ0n) is 12.3. The molecular weight excluding hydrogens is 260 g/mol. The van der Waals surface area contributed by atoms with E-state index in [4.69, 9.17) is 0 Å². The fourth-order valence-corrected chi connectivity index (χ4v) is 2.94. The summed E-state index contributed by atoms with van der Waals surface area (Å²) in [4.78, 5) is 11.2. The molecule has 2 aromatic rings. The summed E-state index contributed by atoms with van der Waals surface area (Å²) in [6.07, 6.45) is 7.80. The van der Waals surface area contributed by atoms with Crippen LogP contribution in [0.15, 0.2) is 48.9 Å². The molecule has 4 heteroatoms. The molecule has 0 aromatic carbocycles. The van der Waals surface area contributed by atoms with Crippen LogP contribution >= 0.6 is 0 Å². The molecule has 0 amide bonds. The lowest BCUT2D eigenvalue weighted by atomic mass is 10.0. The zero-order chi connectivity index (χ0) is 14.3. The maximum absolute atomic E-state index is 4.50. The van der Waals surface area contributed by atoms with E-state index in [0.717, 1.165) is 38.3 Å². The van der Waals surface area contributed by atoms with Gasteiger partial charge in [-0.3, -0.25) is 14.9 Å². The van der Waals surface area contributed by atoms with Crippen LogP contribution in [0.2, 0.25) is 0 Å². The Morgan fingerprint density at radius 2 is 1.95 bits per heavy atom. The molecule has 21 heavy (non-hydrogen) atoms. The first-order valence-corrected chi connectivity index (χ1v) is 7.68. The molecule has 1 aliphatic rings. The first kappa shape index (κ1) is 14.2. The number of aromatic nitrogens is 2.